The van der Waals surface area contributed by atoms with Crippen molar-refractivity contribution in [2.45, 2.75) is 32.6 Å². The molecule has 2 aromatic carbocycles. The van der Waals surface area contributed by atoms with Crippen LogP contribution in [0.5, 0.6) is 5.75 Å². The zero-order chi connectivity index (χ0) is 24.4. The second kappa shape index (κ2) is 8.00. The summed E-state index contributed by atoms with van der Waals surface area (Å²) in [6, 6.07) is 10.4. The fraction of sp³-hybridized carbons (Fsp3) is 0.407. The van der Waals surface area contributed by atoms with Crippen molar-refractivity contribution in [3.63, 3.8) is 0 Å². The molecule has 2 bridgehead atoms. The number of hydrogen-bond donors (Lipinski definition) is 0. The van der Waals surface area contributed by atoms with E-state index in [9.17, 15) is 23.6 Å². The van der Waals surface area contributed by atoms with Crippen LogP contribution in [0.3, 0.4) is 0 Å². The Labute approximate surface area is 201 Å². The van der Waals surface area contributed by atoms with Crippen molar-refractivity contribution in [2.75, 3.05) is 16.3 Å². The molecule has 0 spiro atoms. The van der Waals surface area contributed by atoms with E-state index in [0.717, 1.165) is 19.3 Å². The van der Waals surface area contributed by atoms with Crippen LogP contribution < -0.4 is 14.5 Å². The van der Waals surface area contributed by atoms with Crippen molar-refractivity contribution >= 4 is 35.1 Å². The van der Waals surface area contributed by atoms with Crippen LogP contribution in [-0.2, 0) is 19.2 Å². The summed E-state index contributed by atoms with van der Waals surface area (Å²) in [5.74, 6) is -1.48. The molecule has 4 fully saturated rings. The predicted octanol–water partition coefficient (Wildman–Crippen LogP) is 3.63. The number of hydrogen-bond acceptors (Lipinski definition) is 5. The summed E-state index contributed by atoms with van der Waals surface area (Å²) >= 11 is 0. The maximum absolute atomic E-state index is 13.2. The smallest absolute Gasteiger partial charge is 0.316 e. The molecule has 6 rings (SSSR count). The minimum atomic E-state index is -0.649. The van der Waals surface area contributed by atoms with Crippen molar-refractivity contribution in [1.29, 1.82) is 0 Å². The molecule has 0 aromatic heterocycles. The van der Waals surface area contributed by atoms with Gasteiger partial charge in [-0.05, 0) is 86.1 Å². The minimum absolute atomic E-state index is 0.00909. The van der Waals surface area contributed by atoms with E-state index < -0.39 is 17.7 Å². The highest BCUT2D eigenvalue weighted by Gasteiger charge is 2.61. The first-order valence-electron chi connectivity index (χ1n) is 12.1. The summed E-state index contributed by atoms with van der Waals surface area (Å²) < 4.78 is 18.8. The molecule has 7 nitrogen and oxygen atoms in total. The van der Waals surface area contributed by atoms with E-state index in [2.05, 4.69) is 0 Å². The average molecular weight is 477 g/mol. The van der Waals surface area contributed by atoms with E-state index in [4.69, 9.17) is 4.74 Å². The fourth-order valence-electron chi connectivity index (χ4n) is 6.52. The van der Waals surface area contributed by atoms with Crippen molar-refractivity contribution in [3.05, 3.63) is 53.8 Å². The Morgan fingerprint density at radius 1 is 0.971 bits per heavy atom. The zero-order valence-corrected chi connectivity index (χ0v) is 19.3. The van der Waals surface area contributed by atoms with Gasteiger partial charge < -0.3 is 9.64 Å². The van der Waals surface area contributed by atoms with E-state index in [1.807, 2.05) is 0 Å². The molecular formula is C27H25FN2O5. The van der Waals surface area contributed by atoms with Gasteiger partial charge in [0.05, 0.1) is 23.4 Å². The highest BCUT2D eigenvalue weighted by molar-refractivity contribution is 6.23. The molecule has 4 aliphatic rings. The lowest BCUT2D eigenvalue weighted by Gasteiger charge is -2.20. The molecule has 0 radical (unpaired) electrons. The van der Waals surface area contributed by atoms with E-state index in [0.29, 0.717) is 34.5 Å². The molecule has 5 atom stereocenters. The van der Waals surface area contributed by atoms with Crippen LogP contribution in [-0.4, -0.2) is 30.2 Å². The van der Waals surface area contributed by atoms with Crippen LogP contribution in [0.1, 0.15) is 31.2 Å². The summed E-state index contributed by atoms with van der Waals surface area (Å²) in [6.45, 7) is 1.94. The van der Waals surface area contributed by atoms with Gasteiger partial charge in [-0.25, -0.2) is 9.29 Å². The van der Waals surface area contributed by atoms with Crippen molar-refractivity contribution in [1.82, 2.24) is 0 Å². The first-order valence-corrected chi connectivity index (χ1v) is 12.1. The Kier molecular flexibility index (Phi) is 5.02. The third-order valence-corrected chi connectivity index (χ3v) is 8.15. The standard InChI is InChI=1S/C27H25FN2O5/c1-14-10-20(35-27(34)17-12-22(31)29(13-17)19-6-4-18(28)5-7-19)8-9-21(14)30-25(32)23-15-2-3-16(11-15)24(23)26(30)33/h4-10,15-17,23-24H,2-3,11-13H2,1H3/t15-,16-,17+,23+,24+/m0/s1. The van der Waals surface area contributed by atoms with Gasteiger partial charge in [-0.15, -0.1) is 0 Å². The van der Waals surface area contributed by atoms with Gasteiger partial charge in [-0.3, -0.25) is 19.2 Å². The van der Waals surface area contributed by atoms with E-state index in [1.54, 1.807) is 25.1 Å². The molecule has 2 saturated heterocycles. The maximum atomic E-state index is 13.2. The van der Waals surface area contributed by atoms with Gasteiger partial charge >= 0.3 is 5.97 Å². The minimum Gasteiger partial charge on any atom is -0.426 e. The highest BCUT2D eigenvalue weighted by atomic mass is 19.1. The van der Waals surface area contributed by atoms with Crippen LogP contribution >= 0.6 is 0 Å². The molecule has 180 valence electrons. The number of benzene rings is 2. The normalized spacial score (nSPS) is 29.3. The Bertz CT molecular complexity index is 1230. The highest BCUT2D eigenvalue weighted by Crippen LogP contribution is 2.56. The predicted molar refractivity (Wildman–Crippen MR) is 124 cm³/mol. The van der Waals surface area contributed by atoms with Crippen LogP contribution in [0, 0.1) is 42.3 Å². The van der Waals surface area contributed by atoms with Gasteiger partial charge in [0.25, 0.3) is 0 Å². The van der Waals surface area contributed by atoms with Gasteiger partial charge in [0, 0.05) is 18.7 Å². The van der Waals surface area contributed by atoms with Crippen molar-refractivity contribution in [2.24, 2.45) is 29.6 Å². The van der Waals surface area contributed by atoms with Crippen LogP contribution in [0.25, 0.3) is 0 Å². The SMILES string of the molecule is Cc1cc(OC(=O)[C@@H]2CC(=O)N(c3ccc(F)cc3)C2)ccc1N1C(=O)[C@@H]2[C@H]3CC[C@@H](C3)[C@H]2C1=O. The van der Waals surface area contributed by atoms with E-state index in [1.165, 1.54) is 34.1 Å². The summed E-state index contributed by atoms with van der Waals surface area (Å²) in [5.41, 5.74) is 1.73. The molecule has 2 aliphatic heterocycles. The first-order chi connectivity index (χ1) is 16.8. The van der Waals surface area contributed by atoms with Crippen molar-refractivity contribution < 1.29 is 28.3 Å². The molecule has 35 heavy (non-hydrogen) atoms. The third kappa shape index (κ3) is 3.46. The van der Waals surface area contributed by atoms with Gasteiger partial charge in [0.1, 0.15) is 11.6 Å². The van der Waals surface area contributed by atoms with Crippen LogP contribution in [0.15, 0.2) is 42.5 Å². The van der Waals surface area contributed by atoms with Gasteiger partial charge in [-0.2, -0.15) is 0 Å². The number of amides is 3. The lowest BCUT2D eigenvalue weighted by atomic mass is 9.81. The number of fused-ring (bicyclic) bond motifs is 5. The summed E-state index contributed by atoms with van der Waals surface area (Å²) in [7, 11) is 0. The number of esters is 1. The molecular weight excluding hydrogens is 451 g/mol. The number of ether oxygens (including phenoxy) is 1. The second-order valence-corrected chi connectivity index (χ2v) is 10.1. The lowest BCUT2D eigenvalue weighted by molar-refractivity contribution is -0.139. The number of carbonyl (C=O) groups excluding carboxylic acids is 4. The van der Waals surface area contributed by atoms with Crippen molar-refractivity contribution in [3.8, 4) is 5.75 Å². The number of aryl methyl sites for hydroxylation is 1. The Balaban J connectivity index is 1.15. The number of anilines is 2. The average Bonchev–Trinajstić information content (AvgIpc) is 3.59. The summed E-state index contributed by atoms with van der Waals surface area (Å²) in [4.78, 5) is 54.3. The number of nitrogens with zero attached hydrogens (tertiary/aromatic N) is 2. The van der Waals surface area contributed by atoms with E-state index in [-0.39, 0.29) is 42.5 Å². The van der Waals surface area contributed by atoms with Gasteiger partial charge in [-0.1, -0.05) is 0 Å². The molecule has 2 aliphatic carbocycles. The first kappa shape index (κ1) is 21.9. The summed E-state index contributed by atoms with van der Waals surface area (Å²) in [5, 5.41) is 0. The number of imide groups is 1. The third-order valence-electron chi connectivity index (χ3n) is 8.15. The topological polar surface area (TPSA) is 84.0 Å². The zero-order valence-electron chi connectivity index (χ0n) is 19.3. The summed E-state index contributed by atoms with van der Waals surface area (Å²) in [6.07, 6.45) is 3.04. The number of carbonyl (C=O) groups is 4. The monoisotopic (exact) mass is 476 g/mol. The molecule has 0 N–H and O–H groups in total. The molecule has 8 heteroatoms. The number of rotatable bonds is 4. The molecule has 3 amide bonds. The largest absolute Gasteiger partial charge is 0.426 e. The van der Waals surface area contributed by atoms with Crippen LogP contribution in [0.2, 0.25) is 0 Å². The van der Waals surface area contributed by atoms with Gasteiger partial charge in [0.2, 0.25) is 17.7 Å². The molecule has 0 unspecified atom stereocenters. The Morgan fingerprint density at radius 3 is 2.26 bits per heavy atom. The maximum Gasteiger partial charge on any atom is 0.316 e. The van der Waals surface area contributed by atoms with E-state index >= 15 is 0 Å². The molecule has 2 aromatic rings. The lowest BCUT2D eigenvalue weighted by Crippen LogP contribution is -2.33. The fourth-order valence-corrected chi connectivity index (χ4v) is 6.52. The Morgan fingerprint density at radius 2 is 1.63 bits per heavy atom. The van der Waals surface area contributed by atoms with Gasteiger partial charge in [0.15, 0.2) is 0 Å². The number of halogens is 1. The molecule has 2 heterocycles. The molecule has 2 saturated carbocycles. The second-order valence-electron chi connectivity index (χ2n) is 10.1. The Hall–Kier alpha value is -3.55. The quantitative estimate of drug-likeness (QED) is 0.382. The van der Waals surface area contributed by atoms with Crippen LogP contribution in [0.4, 0.5) is 15.8 Å².